The van der Waals surface area contributed by atoms with E-state index in [-0.39, 0.29) is 36.0 Å². The second-order valence-electron chi connectivity index (χ2n) is 6.68. The van der Waals surface area contributed by atoms with Crippen molar-refractivity contribution < 1.29 is 31.8 Å². The highest BCUT2D eigenvalue weighted by Gasteiger charge is 2.29. The number of methoxy groups -OCH3 is 2. The molecule has 9 nitrogen and oxygen atoms in total. The molecule has 1 saturated heterocycles. The number of furan rings is 1. The zero-order valence-electron chi connectivity index (χ0n) is 17.1. The Morgan fingerprint density at radius 1 is 1.20 bits per heavy atom. The molecule has 0 bridgehead atoms. The highest BCUT2D eigenvalue weighted by molar-refractivity contribution is 7.89. The van der Waals surface area contributed by atoms with Gasteiger partial charge in [0.1, 0.15) is 11.5 Å². The fourth-order valence-corrected chi connectivity index (χ4v) is 4.60. The summed E-state index contributed by atoms with van der Waals surface area (Å²) in [5, 5.41) is 0. The van der Waals surface area contributed by atoms with E-state index in [1.807, 2.05) is 0 Å². The van der Waals surface area contributed by atoms with E-state index in [0.717, 1.165) is 0 Å². The number of hydrogen-bond donors (Lipinski definition) is 0. The lowest BCUT2D eigenvalue weighted by atomic mass is 10.1. The lowest BCUT2D eigenvalue weighted by Gasteiger charge is -2.27. The normalized spacial score (nSPS) is 15.1. The molecule has 1 amide bonds. The smallest absolute Gasteiger partial charge is 0.258 e. The number of amides is 1. The first kappa shape index (κ1) is 22.3. The van der Waals surface area contributed by atoms with E-state index in [2.05, 4.69) is 0 Å². The third-order valence-electron chi connectivity index (χ3n) is 4.79. The summed E-state index contributed by atoms with van der Waals surface area (Å²) >= 11 is 0. The lowest BCUT2D eigenvalue weighted by molar-refractivity contribution is 0.0662. The van der Waals surface area contributed by atoms with Gasteiger partial charge in [-0.3, -0.25) is 4.79 Å². The van der Waals surface area contributed by atoms with Crippen LogP contribution in [0.2, 0.25) is 0 Å². The maximum atomic E-state index is 13.3. The van der Waals surface area contributed by atoms with Crippen LogP contribution in [0.5, 0.6) is 5.75 Å². The number of carbonyl (C=O) groups is 1. The van der Waals surface area contributed by atoms with Gasteiger partial charge in [0.25, 0.3) is 5.91 Å². The van der Waals surface area contributed by atoms with Crippen molar-refractivity contribution >= 4 is 15.9 Å². The molecule has 0 N–H and O–H groups in total. The Morgan fingerprint density at radius 3 is 2.60 bits per heavy atom. The zero-order chi connectivity index (χ0) is 21.6. The van der Waals surface area contributed by atoms with E-state index in [4.69, 9.17) is 18.6 Å². The Morgan fingerprint density at radius 2 is 1.97 bits per heavy atom. The minimum absolute atomic E-state index is 0.0400. The van der Waals surface area contributed by atoms with E-state index < -0.39 is 10.0 Å². The molecule has 1 aromatic carbocycles. The molecule has 0 aliphatic carbocycles. The molecule has 1 fully saturated rings. The molecule has 0 spiro atoms. The highest BCUT2D eigenvalue weighted by Crippen LogP contribution is 2.27. The van der Waals surface area contributed by atoms with Crippen LogP contribution in [0.3, 0.4) is 0 Å². The number of nitrogens with zero attached hydrogens (tertiary/aromatic N) is 2. The quantitative estimate of drug-likeness (QED) is 0.586. The van der Waals surface area contributed by atoms with Crippen LogP contribution in [0, 0.1) is 0 Å². The average molecular weight is 439 g/mol. The predicted octanol–water partition coefficient (Wildman–Crippen LogP) is 1.60. The molecular formula is C20H26N2O7S. The molecule has 164 valence electrons. The van der Waals surface area contributed by atoms with E-state index in [9.17, 15) is 13.2 Å². The summed E-state index contributed by atoms with van der Waals surface area (Å²) in [5.74, 6) is 0.526. The van der Waals surface area contributed by atoms with Crippen LogP contribution in [0.15, 0.2) is 45.9 Å². The van der Waals surface area contributed by atoms with Crippen molar-refractivity contribution in [3.05, 3.63) is 47.9 Å². The number of hydrogen-bond acceptors (Lipinski definition) is 7. The third kappa shape index (κ3) is 5.01. The van der Waals surface area contributed by atoms with Gasteiger partial charge in [-0.15, -0.1) is 0 Å². The summed E-state index contributed by atoms with van der Waals surface area (Å²) in [6, 6.07) is 7.83. The van der Waals surface area contributed by atoms with Gasteiger partial charge in [-0.25, -0.2) is 8.42 Å². The maximum Gasteiger partial charge on any atom is 0.258 e. The molecular weight excluding hydrogens is 412 g/mol. The molecule has 1 aromatic heterocycles. The molecule has 2 aromatic rings. The third-order valence-corrected chi connectivity index (χ3v) is 6.68. The monoisotopic (exact) mass is 438 g/mol. The Bertz CT molecular complexity index is 938. The Kier molecular flexibility index (Phi) is 7.48. The molecule has 0 radical (unpaired) electrons. The number of benzene rings is 1. The van der Waals surface area contributed by atoms with E-state index in [1.165, 1.54) is 40.8 Å². The maximum absolute atomic E-state index is 13.3. The second-order valence-corrected chi connectivity index (χ2v) is 8.62. The number of ether oxygens (including phenoxy) is 3. The fourth-order valence-electron chi connectivity index (χ4n) is 3.17. The molecule has 30 heavy (non-hydrogen) atoms. The van der Waals surface area contributed by atoms with Gasteiger partial charge < -0.3 is 23.5 Å². The first-order chi connectivity index (χ1) is 14.5. The van der Waals surface area contributed by atoms with Crippen LogP contribution in [0.25, 0.3) is 0 Å². The molecule has 0 atom stereocenters. The molecule has 2 heterocycles. The van der Waals surface area contributed by atoms with E-state index in [1.54, 1.807) is 19.2 Å². The highest BCUT2D eigenvalue weighted by atomic mass is 32.2. The standard InChI is InChI=1S/C20H26N2O7S/c1-26-11-7-21(15-16-4-3-10-29-16)20(23)18-14-17(5-6-19(18)27-2)30(24,25)22-8-12-28-13-9-22/h3-6,10,14H,7-9,11-13,15H2,1-2H3. The minimum atomic E-state index is -3.75. The van der Waals surface area contributed by atoms with Gasteiger partial charge in [-0.2, -0.15) is 4.31 Å². The van der Waals surface area contributed by atoms with Gasteiger partial charge in [0.05, 0.1) is 50.2 Å². The van der Waals surface area contributed by atoms with Crippen molar-refractivity contribution in [3.63, 3.8) is 0 Å². The summed E-state index contributed by atoms with van der Waals surface area (Å²) in [6.45, 7) is 2.08. The van der Waals surface area contributed by atoms with Crippen molar-refractivity contribution in [1.82, 2.24) is 9.21 Å². The topological polar surface area (TPSA) is 98.5 Å². The molecule has 3 rings (SSSR count). The Hall–Kier alpha value is -2.40. The molecule has 0 unspecified atom stereocenters. The number of sulfonamides is 1. The second kappa shape index (κ2) is 10.1. The minimum Gasteiger partial charge on any atom is -0.496 e. The lowest BCUT2D eigenvalue weighted by Crippen LogP contribution is -2.40. The number of carbonyl (C=O) groups excluding carboxylic acids is 1. The number of rotatable bonds is 9. The van der Waals surface area contributed by atoms with Gasteiger partial charge in [-0.05, 0) is 30.3 Å². The molecule has 1 aliphatic rings. The summed E-state index contributed by atoms with van der Waals surface area (Å²) in [4.78, 5) is 14.9. The van der Waals surface area contributed by atoms with Gasteiger partial charge >= 0.3 is 0 Å². The molecule has 10 heteroatoms. The summed E-state index contributed by atoms with van der Waals surface area (Å²) in [5.41, 5.74) is 0.162. The van der Waals surface area contributed by atoms with Crippen molar-refractivity contribution in [2.45, 2.75) is 11.4 Å². The Balaban J connectivity index is 1.93. The van der Waals surface area contributed by atoms with Crippen molar-refractivity contribution in [3.8, 4) is 5.75 Å². The van der Waals surface area contributed by atoms with Crippen LogP contribution in [-0.2, 0) is 26.0 Å². The van der Waals surface area contributed by atoms with E-state index >= 15 is 0 Å². The van der Waals surface area contributed by atoms with Crippen molar-refractivity contribution in [2.75, 3.05) is 53.7 Å². The van der Waals surface area contributed by atoms with Gasteiger partial charge in [0.2, 0.25) is 10.0 Å². The fraction of sp³-hybridized carbons (Fsp3) is 0.450. The Labute approximate surface area is 176 Å². The number of morpholine rings is 1. The van der Waals surface area contributed by atoms with Crippen LogP contribution in [0.1, 0.15) is 16.1 Å². The van der Waals surface area contributed by atoms with Gasteiger partial charge in [0, 0.05) is 26.7 Å². The van der Waals surface area contributed by atoms with Crippen LogP contribution in [0.4, 0.5) is 0 Å². The van der Waals surface area contributed by atoms with Crippen LogP contribution < -0.4 is 4.74 Å². The predicted molar refractivity (Wildman–Crippen MR) is 108 cm³/mol. The summed E-state index contributed by atoms with van der Waals surface area (Å²) in [7, 11) is -0.766. The largest absolute Gasteiger partial charge is 0.496 e. The summed E-state index contributed by atoms with van der Waals surface area (Å²) in [6.07, 6.45) is 1.53. The molecule has 0 saturated carbocycles. The first-order valence-corrected chi connectivity index (χ1v) is 11.0. The summed E-state index contributed by atoms with van der Waals surface area (Å²) < 4.78 is 48.5. The van der Waals surface area contributed by atoms with Gasteiger partial charge in [-0.1, -0.05) is 0 Å². The first-order valence-electron chi connectivity index (χ1n) is 9.54. The van der Waals surface area contributed by atoms with Crippen LogP contribution in [-0.4, -0.2) is 77.2 Å². The van der Waals surface area contributed by atoms with Crippen LogP contribution >= 0.6 is 0 Å². The van der Waals surface area contributed by atoms with Crippen molar-refractivity contribution in [1.29, 1.82) is 0 Å². The van der Waals surface area contributed by atoms with Crippen molar-refractivity contribution in [2.24, 2.45) is 0 Å². The molecule has 1 aliphatic heterocycles. The SMILES string of the molecule is COCCN(Cc1ccco1)C(=O)c1cc(S(=O)(=O)N2CCOCC2)ccc1OC. The van der Waals surface area contributed by atoms with Gasteiger partial charge in [0.15, 0.2) is 0 Å². The zero-order valence-corrected chi connectivity index (χ0v) is 17.9. The average Bonchev–Trinajstić information content (AvgIpc) is 3.29. The van der Waals surface area contributed by atoms with E-state index in [0.29, 0.717) is 37.9 Å².